The van der Waals surface area contributed by atoms with Crippen molar-refractivity contribution in [3.63, 3.8) is 0 Å². The third-order valence-corrected chi connectivity index (χ3v) is 4.48. The molecule has 0 spiro atoms. The van der Waals surface area contributed by atoms with Crippen LogP contribution < -0.4 is 0 Å². The quantitative estimate of drug-likeness (QED) is 0.846. The number of hydrogen-bond acceptors (Lipinski definition) is 4. The van der Waals surface area contributed by atoms with Crippen molar-refractivity contribution in [2.24, 2.45) is 0 Å². The molecule has 1 heterocycles. The van der Waals surface area contributed by atoms with Gasteiger partial charge in [0.25, 0.3) is 0 Å². The molecule has 1 fully saturated rings. The SMILES string of the molecule is CC(C)(C)OC(=O)N1CCN(Cc2cc(C(=O)O)ccc2Br)CC1. The number of nitrogens with zero attached hydrogens (tertiary/aromatic N) is 2. The molecule has 0 radical (unpaired) electrons. The fraction of sp³-hybridized carbons (Fsp3) is 0.529. The summed E-state index contributed by atoms with van der Waals surface area (Å²) in [7, 11) is 0. The summed E-state index contributed by atoms with van der Waals surface area (Å²) in [6.45, 7) is 8.86. The van der Waals surface area contributed by atoms with Crippen molar-refractivity contribution in [3.05, 3.63) is 33.8 Å². The Balaban J connectivity index is 1.93. The van der Waals surface area contributed by atoms with Gasteiger partial charge in [0, 0.05) is 37.2 Å². The topological polar surface area (TPSA) is 70.1 Å². The van der Waals surface area contributed by atoms with Crippen LogP contribution in [-0.4, -0.2) is 58.7 Å². The summed E-state index contributed by atoms with van der Waals surface area (Å²) in [5.41, 5.74) is 0.720. The van der Waals surface area contributed by atoms with E-state index in [1.54, 1.807) is 23.1 Å². The summed E-state index contributed by atoms with van der Waals surface area (Å²) in [5, 5.41) is 9.11. The molecule has 24 heavy (non-hydrogen) atoms. The Morgan fingerprint density at radius 3 is 2.38 bits per heavy atom. The average molecular weight is 399 g/mol. The Morgan fingerprint density at radius 2 is 1.83 bits per heavy atom. The molecular formula is C17H23BrN2O4. The summed E-state index contributed by atoms with van der Waals surface area (Å²) < 4.78 is 6.28. The van der Waals surface area contributed by atoms with E-state index in [2.05, 4.69) is 20.8 Å². The highest BCUT2D eigenvalue weighted by molar-refractivity contribution is 9.10. The van der Waals surface area contributed by atoms with Crippen LogP contribution in [0.25, 0.3) is 0 Å². The Morgan fingerprint density at radius 1 is 1.21 bits per heavy atom. The zero-order valence-electron chi connectivity index (χ0n) is 14.2. The summed E-state index contributed by atoms with van der Waals surface area (Å²) >= 11 is 3.47. The van der Waals surface area contributed by atoms with E-state index in [4.69, 9.17) is 9.84 Å². The number of carbonyl (C=O) groups excluding carboxylic acids is 1. The van der Waals surface area contributed by atoms with E-state index in [1.807, 2.05) is 20.8 Å². The molecule has 1 saturated heterocycles. The van der Waals surface area contributed by atoms with Gasteiger partial charge in [-0.3, -0.25) is 4.90 Å². The lowest BCUT2D eigenvalue weighted by atomic mass is 10.1. The fourth-order valence-electron chi connectivity index (χ4n) is 2.48. The lowest BCUT2D eigenvalue weighted by molar-refractivity contribution is 0.0138. The van der Waals surface area contributed by atoms with Crippen LogP contribution in [0.1, 0.15) is 36.7 Å². The molecule has 1 aliphatic rings. The minimum Gasteiger partial charge on any atom is -0.478 e. The third-order valence-electron chi connectivity index (χ3n) is 3.71. The van der Waals surface area contributed by atoms with E-state index in [0.29, 0.717) is 19.6 Å². The number of carboxylic acids is 1. The van der Waals surface area contributed by atoms with Gasteiger partial charge < -0.3 is 14.7 Å². The second-order valence-electron chi connectivity index (χ2n) is 6.85. The van der Waals surface area contributed by atoms with Gasteiger partial charge in [0.05, 0.1) is 5.56 Å². The van der Waals surface area contributed by atoms with E-state index in [1.165, 1.54) is 0 Å². The third kappa shape index (κ3) is 5.21. The lowest BCUT2D eigenvalue weighted by Gasteiger charge is -2.35. The number of aromatic carboxylic acids is 1. The van der Waals surface area contributed by atoms with Crippen LogP contribution in [0, 0.1) is 0 Å². The van der Waals surface area contributed by atoms with Crippen LogP contribution in [0.15, 0.2) is 22.7 Å². The first kappa shape index (κ1) is 18.7. The molecule has 0 unspecified atom stereocenters. The van der Waals surface area contributed by atoms with Gasteiger partial charge in [-0.15, -0.1) is 0 Å². The van der Waals surface area contributed by atoms with Crippen molar-refractivity contribution in [1.82, 2.24) is 9.80 Å². The molecule has 0 aliphatic carbocycles. The van der Waals surface area contributed by atoms with Crippen molar-refractivity contribution < 1.29 is 19.4 Å². The van der Waals surface area contributed by atoms with E-state index < -0.39 is 11.6 Å². The first-order chi connectivity index (χ1) is 11.2. The van der Waals surface area contributed by atoms with Crippen LogP contribution in [0.3, 0.4) is 0 Å². The molecule has 1 aromatic rings. The van der Waals surface area contributed by atoms with Crippen LogP contribution in [-0.2, 0) is 11.3 Å². The van der Waals surface area contributed by atoms with Crippen molar-refractivity contribution in [3.8, 4) is 0 Å². The Labute approximate surface area is 150 Å². The highest BCUT2D eigenvalue weighted by Gasteiger charge is 2.26. The fourth-order valence-corrected chi connectivity index (χ4v) is 2.86. The number of hydrogen-bond donors (Lipinski definition) is 1. The summed E-state index contributed by atoms with van der Waals surface area (Å²) in [4.78, 5) is 27.1. The van der Waals surface area contributed by atoms with Gasteiger partial charge >= 0.3 is 12.1 Å². The van der Waals surface area contributed by atoms with E-state index in [0.717, 1.165) is 23.1 Å². The highest BCUT2D eigenvalue weighted by atomic mass is 79.9. The van der Waals surface area contributed by atoms with Gasteiger partial charge in [-0.05, 0) is 44.5 Å². The van der Waals surface area contributed by atoms with Gasteiger partial charge in [0.2, 0.25) is 0 Å². The standard InChI is InChI=1S/C17H23BrN2O4/c1-17(2,3)24-16(23)20-8-6-19(7-9-20)11-13-10-12(15(21)22)4-5-14(13)18/h4-5,10H,6-9,11H2,1-3H3,(H,21,22). The zero-order valence-corrected chi connectivity index (χ0v) is 15.8. The maximum Gasteiger partial charge on any atom is 0.410 e. The number of rotatable bonds is 3. The predicted octanol–water partition coefficient (Wildman–Crippen LogP) is 3.20. The van der Waals surface area contributed by atoms with Crippen molar-refractivity contribution in [1.29, 1.82) is 0 Å². The number of carboxylic acid groups (broad SMARTS) is 1. The molecule has 1 N–H and O–H groups in total. The van der Waals surface area contributed by atoms with Crippen LogP contribution in [0.4, 0.5) is 4.79 Å². The van der Waals surface area contributed by atoms with Crippen molar-refractivity contribution in [2.75, 3.05) is 26.2 Å². The number of benzene rings is 1. The smallest absolute Gasteiger partial charge is 0.410 e. The second-order valence-corrected chi connectivity index (χ2v) is 7.71. The predicted molar refractivity (Wildman–Crippen MR) is 94.2 cm³/mol. The zero-order chi connectivity index (χ0) is 17.9. The summed E-state index contributed by atoms with van der Waals surface area (Å²) in [6.07, 6.45) is -0.281. The van der Waals surface area contributed by atoms with Gasteiger partial charge in [-0.1, -0.05) is 15.9 Å². The van der Waals surface area contributed by atoms with Crippen LogP contribution in [0.2, 0.25) is 0 Å². The largest absolute Gasteiger partial charge is 0.478 e. The monoisotopic (exact) mass is 398 g/mol. The van der Waals surface area contributed by atoms with Crippen molar-refractivity contribution in [2.45, 2.75) is 32.9 Å². The van der Waals surface area contributed by atoms with Gasteiger partial charge in [-0.2, -0.15) is 0 Å². The molecule has 0 saturated carbocycles. The summed E-state index contributed by atoms with van der Waals surface area (Å²) in [5.74, 6) is -0.932. The van der Waals surface area contributed by atoms with Gasteiger partial charge in [0.15, 0.2) is 0 Å². The summed E-state index contributed by atoms with van der Waals surface area (Å²) in [6, 6.07) is 5.03. The first-order valence-electron chi connectivity index (χ1n) is 7.88. The molecule has 2 rings (SSSR count). The molecule has 1 amide bonds. The molecule has 132 valence electrons. The molecule has 0 aromatic heterocycles. The molecule has 1 aromatic carbocycles. The molecule has 0 bridgehead atoms. The number of piperazine rings is 1. The highest BCUT2D eigenvalue weighted by Crippen LogP contribution is 2.21. The van der Waals surface area contributed by atoms with E-state index >= 15 is 0 Å². The molecule has 7 heteroatoms. The Bertz CT molecular complexity index is 620. The molecule has 0 atom stereocenters. The van der Waals surface area contributed by atoms with E-state index in [9.17, 15) is 9.59 Å². The Kier molecular flexibility index (Phi) is 5.87. The number of ether oxygens (including phenoxy) is 1. The van der Waals surface area contributed by atoms with Gasteiger partial charge in [0.1, 0.15) is 5.60 Å². The Hall–Kier alpha value is -1.60. The number of halogens is 1. The van der Waals surface area contributed by atoms with Crippen LogP contribution >= 0.6 is 15.9 Å². The minimum atomic E-state index is -0.932. The maximum atomic E-state index is 12.1. The van der Waals surface area contributed by atoms with E-state index in [-0.39, 0.29) is 11.7 Å². The molecule has 6 nitrogen and oxygen atoms in total. The molecule has 1 aliphatic heterocycles. The molecular weight excluding hydrogens is 376 g/mol. The average Bonchev–Trinajstić information content (AvgIpc) is 2.48. The number of amides is 1. The maximum absolute atomic E-state index is 12.1. The minimum absolute atomic E-state index is 0.278. The lowest BCUT2D eigenvalue weighted by Crippen LogP contribution is -2.49. The second kappa shape index (κ2) is 7.53. The number of carbonyl (C=O) groups is 2. The van der Waals surface area contributed by atoms with Crippen LogP contribution in [0.5, 0.6) is 0 Å². The van der Waals surface area contributed by atoms with Gasteiger partial charge in [-0.25, -0.2) is 9.59 Å². The van der Waals surface area contributed by atoms with Crippen molar-refractivity contribution >= 4 is 28.0 Å². The first-order valence-corrected chi connectivity index (χ1v) is 8.67. The normalized spacial score (nSPS) is 16.1.